The van der Waals surface area contributed by atoms with E-state index in [-0.39, 0.29) is 22.1 Å². The first-order valence-electron chi connectivity index (χ1n) is 3.40. The molecule has 0 radical (unpaired) electrons. The van der Waals surface area contributed by atoms with Crippen molar-refractivity contribution in [1.82, 2.24) is 0 Å². The van der Waals surface area contributed by atoms with Gasteiger partial charge in [-0.1, -0.05) is 0 Å². The van der Waals surface area contributed by atoms with Gasteiger partial charge in [0.1, 0.15) is 0 Å². The standard InChI is InChI=1S/C6H16NO2P.H3P/c1-5(2)8-10(7)9-6(3)4;/h5-6H,7H2,1-4H3;1H3. The fourth-order valence-electron chi connectivity index (χ4n) is 0.440. The lowest BCUT2D eigenvalue weighted by atomic mass is 10.5. The Morgan fingerprint density at radius 1 is 1.00 bits per heavy atom. The van der Waals surface area contributed by atoms with Crippen LogP contribution in [0.1, 0.15) is 27.7 Å². The van der Waals surface area contributed by atoms with E-state index in [1.807, 2.05) is 27.7 Å². The van der Waals surface area contributed by atoms with Crippen molar-refractivity contribution in [3.8, 4) is 0 Å². The highest BCUT2D eigenvalue weighted by atomic mass is 31.2. The summed E-state index contributed by atoms with van der Waals surface area (Å²) >= 11 is 0. The van der Waals surface area contributed by atoms with Gasteiger partial charge in [-0.05, 0) is 27.7 Å². The minimum atomic E-state index is -1.16. The molecule has 0 heterocycles. The Balaban J connectivity index is 0. The molecule has 0 aromatic heterocycles. The van der Waals surface area contributed by atoms with Crippen LogP contribution in [-0.4, -0.2) is 12.2 Å². The van der Waals surface area contributed by atoms with Gasteiger partial charge in [-0.2, -0.15) is 9.90 Å². The highest BCUT2D eigenvalue weighted by molar-refractivity contribution is 7.44. The second-order valence-electron chi connectivity index (χ2n) is 2.59. The van der Waals surface area contributed by atoms with Crippen molar-refractivity contribution in [3.63, 3.8) is 0 Å². The summed E-state index contributed by atoms with van der Waals surface area (Å²) in [7, 11) is -1.16. The highest BCUT2D eigenvalue weighted by Gasteiger charge is 2.07. The van der Waals surface area contributed by atoms with Gasteiger partial charge in [-0.25, -0.2) is 0 Å². The Morgan fingerprint density at radius 2 is 1.27 bits per heavy atom. The number of hydrogen-bond acceptors (Lipinski definition) is 3. The summed E-state index contributed by atoms with van der Waals surface area (Å²) in [6, 6.07) is 0. The first-order valence-corrected chi connectivity index (χ1v) is 4.65. The van der Waals surface area contributed by atoms with Crippen LogP contribution >= 0.6 is 18.4 Å². The molecule has 0 amide bonds. The lowest BCUT2D eigenvalue weighted by molar-refractivity contribution is 0.177. The summed E-state index contributed by atoms with van der Waals surface area (Å²) in [5.41, 5.74) is 5.50. The molecule has 0 aromatic carbocycles. The van der Waals surface area contributed by atoms with Gasteiger partial charge in [-0.3, -0.25) is 5.50 Å². The van der Waals surface area contributed by atoms with Crippen molar-refractivity contribution < 1.29 is 9.05 Å². The van der Waals surface area contributed by atoms with E-state index in [1.54, 1.807) is 0 Å². The van der Waals surface area contributed by atoms with Gasteiger partial charge in [0.2, 0.25) is 0 Å². The highest BCUT2D eigenvalue weighted by Crippen LogP contribution is 2.31. The molecule has 1 atom stereocenters. The van der Waals surface area contributed by atoms with E-state index in [0.29, 0.717) is 0 Å². The van der Waals surface area contributed by atoms with Crippen LogP contribution in [0.5, 0.6) is 0 Å². The SMILES string of the molecule is CC(C)OP(N)OC(C)C.P. The summed E-state index contributed by atoms with van der Waals surface area (Å²) in [6.45, 7) is 7.75. The Morgan fingerprint density at radius 3 is 1.45 bits per heavy atom. The van der Waals surface area contributed by atoms with Crippen LogP contribution in [0, 0.1) is 0 Å². The van der Waals surface area contributed by atoms with E-state index in [4.69, 9.17) is 14.6 Å². The largest absolute Gasteiger partial charge is 0.319 e. The molecule has 1 unspecified atom stereocenters. The maximum atomic E-state index is 5.50. The second-order valence-corrected chi connectivity index (χ2v) is 3.59. The maximum absolute atomic E-state index is 5.50. The second kappa shape index (κ2) is 7.39. The minimum absolute atomic E-state index is 0. The minimum Gasteiger partial charge on any atom is -0.319 e. The number of hydrogen-bond donors (Lipinski definition) is 1. The molecule has 3 nitrogen and oxygen atoms in total. The third-order valence-corrected chi connectivity index (χ3v) is 1.89. The summed E-state index contributed by atoms with van der Waals surface area (Å²) in [4.78, 5) is 0. The van der Waals surface area contributed by atoms with Gasteiger partial charge in [-0.15, -0.1) is 0 Å². The molecule has 0 spiro atoms. The molecule has 0 aliphatic heterocycles. The zero-order valence-corrected chi connectivity index (χ0v) is 10.0. The van der Waals surface area contributed by atoms with E-state index in [0.717, 1.165) is 0 Å². The average Bonchev–Trinajstić information content (AvgIpc) is 1.58. The topological polar surface area (TPSA) is 44.5 Å². The molecule has 0 aliphatic carbocycles. The van der Waals surface area contributed by atoms with Crippen molar-refractivity contribution in [2.45, 2.75) is 39.9 Å². The van der Waals surface area contributed by atoms with Crippen LogP contribution in [0.3, 0.4) is 0 Å². The van der Waals surface area contributed by atoms with Gasteiger partial charge < -0.3 is 9.05 Å². The summed E-state index contributed by atoms with van der Waals surface area (Å²) < 4.78 is 10.4. The molecule has 11 heavy (non-hydrogen) atoms. The van der Waals surface area contributed by atoms with Crippen LogP contribution in [0.4, 0.5) is 0 Å². The molecule has 5 heteroatoms. The van der Waals surface area contributed by atoms with Crippen LogP contribution in [-0.2, 0) is 9.05 Å². The summed E-state index contributed by atoms with van der Waals surface area (Å²) in [5, 5.41) is 0. The molecule has 0 aromatic rings. The zero-order valence-electron chi connectivity index (χ0n) is 7.70. The Kier molecular flexibility index (Phi) is 9.59. The first kappa shape index (κ1) is 14.3. The molecule has 0 saturated carbocycles. The Labute approximate surface area is 73.6 Å². The monoisotopic (exact) mass is 199 g/mol. The van der Waals surface area contributed by atoms with E-state index in [1.165, 1.54) is 0 Å². The van der Waals surface area contributed by atoms with Crippen LogP contribution in [0.25, 0.3) is 0 Å². The van der Waals surface area contributed by atoms with Gasteiger partial charge in [0.05, 0.1) is 12.2 Å². The van der Waals surface area contributed by atoms with Crippen LogP contribution in [0.2, 0.25) is 0 Å². The van der Waals surface area contributed by atoms with E-state index in [9.17, 15) is 0 Å². The predicted molar refractivity (Wildman–Crippen MR) is 54.7 cm³/mol. The molecule has 70 valence electrons. The zero-order chi connectivity index (χ0) is 8.15. The number of rotatable bonds is 4. The molecule has 2 N–H and O–H groups in total. The van der Waals surface area contributed by atoms with E-state index >= 15 is 0 Å². The lowest BCUT2D eigenvalue weighted by Gasteiger charge is -2.16. The van der Waals surface area contributed by atoms with Crippen molar-refractivity contribution in [2.24, 2.45) is 5.50 Å². The number of nitrogens with two attached hydrogens (primary N) is 1. The van der Waals surface area contributed by atoms with Crippen molar-refractivity contribution >= 4 is 18.4 Å². The van der Waals surface area contributed by atoms with Crippen LogP contribution < -0.4 is 5.50 Å². The molecule has 0 fully saturated rings. The smallest absolute Gasteiger partial charge is 0.253 e. The quantitative estimate of drug-likeness (QED) is 0.705. The average molecular weight is 199 g/mol. The predicted octanol–water partition coefficient (Wildman–Crippen LogP) is 2.08. The molecular weight excluding hydrogens is 180 g/mol. The molecule has 0 bridgehead atoms. The van der Waals surface area contributed by atoms with Gasteiger partial charge in [0.15, 0.2) is 0 Å². The third kappa shape index (κ3) is 10.7. The third-order valence-electron chi connectivity index (χ3n) is 0.629. The van der Waals surface area contributed by atoms with Gasteiger partial charge in [0, 0.05) is 0 Å². The molecule has 0 aliphatic rings. The molecule has 0 rings (SSSR count). The maximum Gasteiger partial charge on any atom is 0.253 e. The summed E-state index contributed by atoms with van der Waals surface area (Å²) in [5.74, 6) is 0. The van der Waals surface area contributed by atoms with Crippen LogP contribution in [0.15, 0.2) is 0 Å². The van der Waals surface area contributed by atoms with Crippen molar-refractivity contribution in [1.29, 1.82) is 0 Å². The normalized spacial score (nSPS) is 10.9. The lowest BCUT2D eigenvalue weighted by Crippen LogP contribution is -2.08. The van der Waals surface area contributed by atoms with Gasteiger partial charge >= 0.3 is 0 Å². The fourth-order valence-corrected chi connectivity index (χ4v) is 1.32. The molecular formula is C6H19NO2P2. The summed E-state index contributed by atoms with van der Waals surface area (Å²) in [6.07, 6.45) is 0.296. The van der Waals surface area contributed by atoms with Crippen molar-refractivity contribution in [3.05, 3.63) is 0 Å². The molecule has 0 saturated heterocycles. The first-order chi connectivity index (χ1) is 4.52. The Bertz CT molecular complexity index is 80.7. The van der Waals surface area contributed by atoms with E-state index < -0.39 is 8.53 Å². The Hall–Kier alpha value is 0.740. The van der Waals surface area contributed by atoms with Gasteiger partial charge in [0.25, 0.3) is 8.53 Å². The fraction of sp³-hybridized carbons (Fsp3) is 1.00. The van der Waals surface area contributed by atoms with Crippen molar-refractivity contribution in [2.75, 3.05) is 0 Å². The van der Waals surface area contributed by atoms with E-state index in [2.05, 4.69) is 0 Å².